The normalized spacial score (nSPS) is 15.4. The molecule has 7 heteroatoms. The molecule has 2 aromatic carbocycles. The number of thioether (sulfide) groups is 1. The molecule has 0 spiro atoms. The number of benzene rings is 2. The van der Waals surface area contributed by atoms with Gasteiger partial charge in [0.2, 0.25) is 0 Å². The first kappa shape index (κ1) is 17.4. The van der Waals surface area contributed by atoms with Crippen LogP contribution in [0.5, 0.6) is 11.5 Å². The molecule has 0 atom stereocenters. The van der Waals surface area contributed by atoms with Crippen LogP contribution in [-0.2, 0) is 11.4 Å². The molecule has 25 heavy (non-hydrogen) atoms. The van der Waals surface area contributed by atoms with Crippen molar-refractivity contribution in [3.8, 4) is 11.5 Å². The van der Waals surface area contributed by atoms with Gasteiger partial charge in [-0.15, -0.1) is 0 Å². The van der Waals surface area contributed by atoms with Gasteiger partial charge >= 0.3 is 0 Å². The van der Waals surface area contributed by atoms with Crippen LogP contribution in [0, 0.1) is 5.41 Å². The van der Waals surface area contributed by atoms with Gasteiger partial charge in [0.1, 0.15) is 6.61 Å². The summed E-state index contributed by atoms with van der Waals surface area (Å²) in [6, 6.07) is 12.9. The molecule has 2 aromatic rings. The number of amides is 1. The summed E-state index contributed by atoms with van der Waals surface area (Å²) >= 11 is 7.23. The van der Waals surface area contributed by atoms with Gasteiger partial charge in [0, 0.05) is 10.6 Å². The Hall–Kier alpha value is -2.44. The number of hydrogen-bond acceptors (Lipinski definition) is 5. The summed E-state index contributed by atoms with van der Waals surface area (Å²) in [5.74, 6) is 0.869. The molecule has 3 rings (SSSR count). The molecule has 0 aliphatic carbocycles. The standard InChI is InChI=1S/C18H15ClN2O3S/c1-23-15-8-11(9-16-17(22)21-18(20)25-16)6-7-14(15)24-10-12-4-2-3-5-13(12)19/h2-9H,10H2,1H3,(H2,20,21,22)/b16-9-. The molecule has 128 valence electrons. The number of nitrogens with one attached hydrogen (secondary N) is 2. The smallest absolute Gasteiger partial charge is 0.264 e. The lowest BCUT2D eigenvalue weighted by molar-refractivity contribution is -0.115. The maximum Gasteiger partial charge on any atom is 0.264 e. The van der Waals surface area contributed by atoms with Gasteiger partial charge in [-0.2, -0.15) is 0 Å². The van der Waals surface area contributed by atoms with E-state index in [1.807, 2.05) is 30.3 Å². The highest BCUT2D eigenvalue weighted by Gasteiger charge is 2.22. The molecule has 2 N–H and O–H groups in total. The summed E-state index contributed by atoms with van der Waals surface area (Å²) in [4.78, 5) is 12.2. The predicted molar refractivity (Wildman–Crippen MR) is 100 cm³/mol. The van der Waals surface area contributed by atoms with E-state index in [1.165, 1.54) is 0 Å². The highest BCUT2D eigenvalue weighted by Crippen LogP contribution is 2.32. The quantitative estimate of drug-likeness (QED) is 0.774. The molecule has 5 nitrogen and oxygen atoms in total. The molecule has 0 radical (unpaired) electrons. The molecule has 0 saturated carbocycles. The van der Waals surface area contributed by atoms with Crippen molar-refractivity contribution < 1.29 is 14.3 Å². The van der Waals surface area contributed by atoms with Crippen LogP contribution in [0.4, 0.5) is 0 Å². The summed E-state index contributed by atoms with van der Waals surface area (Å²) < 4.78 is 11.2. The van der Waals surface area contributed by atoms with Crippen molar-refractivity contribution in [3.05, 3.63) is 63.5 Å². The van der Waals surface area contributed by atoms with Crippen LogP contribution in [0.15, 0.2) is 47.4 Å². The average molecular weight is 375 g/mol. The Balaban J connectivity index is 1.78. The van der Waals surface area contributed by atoms with Gasteiger partial charge < -0.3 is 14.8 Å². The number of carbonyl (C=O) groups excluding carboxylic acids is 1. The second-order valence-electron chi connectivity index (χ2n) is 5.18. The molecule has 1 fully saturated rings. The lowest BCUT2D eigenvalue weighted by Crippen LogP contribution is -2.18. The first-order valence-corrected chi connectivity index (χ1v) is 8.60. The summed E-state index contributed by atoms with van der Waals surface area (Å²) in [7, 11) is 1.56. The zero-order chi connectivity index (χ0) is 17.8. The fourth-order valence-electron chi connectivity index (χ4n) is 2.26. The lowest BCUT2D eigenvalue weighted by atomic mass is 10.2. The topological polar surface area (TPSA) is 71.4 Å². The Bertz CT molecular complexity index is 867. The number of halogens is 1. The minimum absolute atomic E-state index is 0.128. The number of ether oxygens (including phenoxy) is 2. The molecular weight excluding hydrogens is 360 g/mol. The van der Waals surface area contributed by atoms with Crippen LogP contribution in [0.2, 0.25) is 5.02 Å². The number of amidine groups is 1. The van der Waals surface area contributed by atoms with Gasteiger partial charge in [0.15, 0.2) is 16.7 Å². The molecule has 0 aromatic heterocycles. The molecule has 1 aliphatic heterocycles. The van der Waals surface area contributed by atoms with Gasteiger partial charge in [-0.05, 0) is 41.6 Å². The largest absolute Gasteiger partial charge is 0.493 e. The molecule has 1 heterocycles. The Morgan fingerprint density at radius 3 is 2.72 bits per heavy atom. The predicted octanol–water partition coefficient (Wildman–Crippen LogP) is 4.07. The first-order valence-electron chi connectivity index (χ1n) is 7.40. The second-order valence-corrected chi connectivity index (χ2v) is 6.64. The van der Waals surface area contributed by atoms with E-state index in [2.05, 4.69) is 5.32 Å². The van der Waals surface area contributed by atoms with E-state index in [-0.39, 0.29) is 11.1 Å². The van der Waals surface area contributed by atoms with Crippen molar-refractivity contribution in [2.45, 2.75) is 6.61 Å². The Morgan fingerprint density at radius 2 is 2.04 bits per heavy atom. The summed E-state index contributed by atoms with van der Waals surface area (Å²) in [5.41, 5.74) is 1.67. The van der Waals surface area contributed by atoms with E-state index in [0.29, 0.717) is 28.0 Å². The zero-order valence-electron chi connectivity index (χ0n) is 13.3. The molecule has 1 amide bonds. The van der Waals surface area contributed by atoms with E-state index in [0.717, 1.165) is 22.9 Å². The lowest BCUT2D eigenvalue weighted by Gasteiger charge is -2.12. The first-order chi connectivity index (χ1) is 12.1. The van der Waals surface area contributed by atoms with E-state index >= 15 is 0 Å². The van der Waals surface area contributed by atoms with Gasteiger partial charge in [0.05, 0.1) is 12.0 Å². The molecule has 0 bridgehead atoms. The van der Waals surface area contributed by atoms with Crippen molar-refractivity contribution in [1.29, 1.82) is 5.41 Å². The third-order valence-corrected chi connectivity index (χ3v) is 4.69. The van der Waals surface area contributed by atoms with Crippen molar-refractivity contribution in [1.82, 2.24) is 5.32 Å². The second kappa shape index (κ2) is 7.63. The molecule has 0 unspecified atom stereocenters. The maximum atomic E-state index is 11.7. The van der Waals surface area contributed by atoms with E-state index in [4.69, 9.17) is 26.5 Å². The van der Waals surface area contributed by atoms with E-state index in [9.17, 15) is 4.79 Å². The summed E-state index contributed by atoms with van der Waals surface area (Å²) in [5, 5.41) is 10.7. The van der Waals surface area contributed by atoms with Crippen molar-refractivity contribution >= 4 is 40.5 Å². The van der Waals surface area contributed by atoms with Crippen molar-refractivity contribution in [2.24, 2.45) is 0 Å². The molecular formula is C18H15ClN2O3S. The fourth-order valence-corrected chi connectivity index (χ4v) is 3.15. The number of methoxy groups -OCH3 is 1. The summed E-state index contributed by atoms with van der Waals surface area (Å²) in [6.07, 6.45) is 1.71. The minimum Gasteiger partial charge on any atom is -0.493 e. The van der Waals surface area contributed by atoms with Crippen molar-refractivity contribution in [3.63, 3.8) is 0 Å². The van der Waals surface area contributed by atoms with E-state index in [1.54, 1.807) is 25.3 Å². The van der Waals surface area contributed by atoms with E-state index < -0.39 is 0 Å². The van der Waals surface area contributed by atoms with Crippen molar-refractivity contribution in [2.75, 3.05) is 7.11 Å². The van der Waals surface area contributed by atoms with Crippen LogP contribution < -0.4 is 14.8 Å². The Kier molecular flexibility index (Phi) is 5.31. The number of rotatable bonds is 5. The average Bonchev–Trinajstić information content (AvgIpc) is 2.92. The van der Waals surface area contributed by atoms with Crippen LogP contribution >= 0.6 is 23.4 Å². The zero-order valence-corrected chi connectivity index (χ0v) is 14.9. The molecule has 1 saturated heterocycles. The van der Waals surface area contributed by atoms with Gasteiger partial charge in [-0.25, -0.2) is 0 Å². The fraction of sp³-hybridized carbons (Fsp3) is 0.111. The Morgan fingerprint density at radius 1 is 1.24 bits per heavy atom. The SMILES string of the molecule is COc1cc(/C=C2\SC(=N)NC2=O)ccc1OCc1ccccc1Cl. The number of carbonyl (C=O) groups is 1. The van der Waals surface area contributed by atoms with Crippen LogP contribution in [0.25, 0.3) is 6.08 Å². The molecule has 1 aliphatic rings. The maximum absolute atomic E-state index is 11.7. The van der Waals surface area contributed by atoms with Crippen LogP contribution in [-0.4, -0.2) is 18.2 Å². The minimum atomic E-state index is -0.270. The Labute approximate surface area is 154 Å². The van der Waals surface area contributed by atoms with Gasteiger partial charge in [0.25, 0.3) is 5.91 Å². The monoisotopic (exact) mass is 374 g/mol. The van der Waals surface area contributed by atoms with Gasteiger partial charge in [-0.1, -0.05) is 35.9 Å². The van der Waals surface area contributed by atoms with Crippen LogP contribution in [0.3, 0.4) is 0 Å². The van der Waals surface area contributed by atoms with Crippen LogP contribution in [0.1, 0.15) is 11.1 Å². The highest BCUT2D eigenvalue weighted by molar-refractivity contribution is 8.18. The third-order valence-electron chi connectivity index (χ3n) is 3.49. The van der Waals surface area contributed by atoms with Gasteiger partial charge in [-0.3, -0.25) is 10.2 Å². The number of hydrogen-bond donors (Lipinski definition) is 2. The summed E-state index contributed by atoms with van der Waals surface area (Å²) in [6.45, 7) is 0.325. The highest BCUT2D eigenvalue weighted by atomic mass is 35.5. The third kappa shape index (κ3) is 4.15.